The molecule has 1 aromatic rings. The number of hydrogen-bond donors (Lipinski definition) is 2. The summed E-state index contributed by atoms with van der Waals surface area (Å²) in [5.41, 5.74) is 1.40. The fourth-order valence-corrected chi connectivity index (χ4v) is 2.79. The molecule has 0 bridgehead atoms. The first-order chi connectivity index (χ1) is 8.54. The van der Waals surface area contributed by atoms with Crippen LogP contribution in [0, 0.1) is 5.92 Å². The molecule has 1 unspecified atom stereocenters. The van der Waals surface area contributed by atoms with Crippen LogP contribution >= 0.6 is 0 Å². The van der Waals surface area contributed by atoms with Gasteiger partial charge in [0, 0.05) is 43.0 Å². The Morgan fingerprint density at radius 3 is 2.61 bits per heavy atom. The number of rotatable bonds is 3. The van der Waals surface area contributed by atoms with E-state index in [0.29, 0.717) is 0 Å². The maximum atomic E-state index is 4.53. The van der Waals surface area contributed by atoms with Gasteiger partial charge in [0.2, 0.25) is 0 Å². The predicted molar refractivity (Wildman–Crippen MR) is 72.5 cm³/mol. The van der Waals surface area contributed by atoms with Gasteiger partial charge < -0.3 is 10.3 Å². The third-order valence-electron chi connectivity index (χ3n) is 4.33. The van der Waals surface area contributed by atoms with Crippen LogP contribution in [0.1, 0.15) is 38.7 Å². The Bertz CT molecular complexity index is 414. The third kappa shape index (κ3) is 2.19. The summed E-state index contributed by atoms with van der Waals surface area (Å²) >= 11 is 0. The van der Waals surface area contributed by atoms with E-state index in [1.807, 2.05) is 6.20 Å². The molecule has 2 saturated heterocycles. The Labute approximate surface area is 109 Å². The molecule has 0 saturated carbocycles. The summed E-state index contributed by atoms with van der Waals surface area (Å²) in [5, 5.41) is 3.37. The maximum absolute atomic E-state index is 4.53. The zero-order valence-corrected chi connectivity index (χ0v) is 11.7. The van der Waals surface area contributed by atoms with Crippen LogP contribution in [0.25, 0.3) is 0 Å². The molecule has 0 amide bonds. The highest BCUT2D eigenvalue weighted by atomic mass is 15.2. The molecule has 3 heterocycles. The summed E-state index contributed by atoms with van der Waals surface area (Å²) in [6.07, 6.45) is 3.36. The van der Waals surface area contributed by atoms with Crippen LogP contribution in [0.4, 0.5) is 0 Å². The average Bonchev–Trinajstić information content (AvgIpc) is 2.66. The minimum Gasteiger partial charge on any atom is -0.344 e. The Morgan fingerprint density at radius 2 is 2.17 bits per heavy atom. The Morgan fingerprint density at radius 1 is 1.39 bits per heavy atom. The minimum atomic E-state index is 0.164. The minimum absolute atomic E-state index is 0.164. The van der Waals surface area contributed by atoms with Gasteiger partial charge in [-0.05, 0) is 12.3 Å². The van der Waals surface area contributed by atoms with Crippen molar-refractivity contribution in [3.8, 4) is 0 Å². The van der Waals surface area contributed by atoms with Crippen molar-refractivity contribution in [1.29, 1.82) is 0 Å². The molecular weight excluding hydrogens is 224 g/mol. The summed E-state index contributed by atoms with van der Waals surface area (Å²) in [5.74, 6) is 1.99. The van der Waals surface area contributed by atoms with Crippen LogP contribution in [0.2, 0.25) is 0 Å². The molecule has 2 N–H and O–H groups in total. The normalized spacial score (nSPS) is 25.8. The van der Waals surface area contributed by atoms with Crippen molar-refractivity contribution in [2.45, 2.75) is 45.2 Å². The SMILES string of the molecule is CC(C)(C)c1cnc(CN2CCC2C2CNC2)[nH]1. The monoisotopic (exact) mass is 248 g/mol. The van der Waals surface area contributed by atoms with Crippen molar-refractivity contribution in [3.05, 3.63) is 17.7 Å². The van der Waals surface area contributed by atoms with E-state index in [4.69, 9.17) is 0 Å². The van der Waals surface area contributed by atoms with Crippen molar-refractivity contribution in [1.82, 2.24) is 20.2 Å². The van der Waals surface area contributed by atoms with Crippen LogP contribution in [0.3, 0.4) is 0 Å². The summed E-state index contributed by atoms with van der Waals surface area (Å²) in [6.45, 7) is 11.3. The van der Waals surface area contributed by atoms with E-state index in [1.165, 1.54) is 31.7 Å². The van der Waals surface area contributed by atoms with E-state index in [-0.39, 0.29) is 5.41 Å². The second kappa shape index (κ2) is 4.35. The average molecular weight is 248 g/mol. The largest absolute Gasteiger partial charge is 0.344 e. The molecular formula is C14H24N4. The Balaban J connectivity index is 1.61. The van der Waals surface area contributed by atoms with Gasteiger partial charge in [0.15, 0.2) is 0 Å². The van der Waals surface area contributed by atoms with Gasteiger partial charge in [-0.3, -0.25) is 4.90 Å². The van der Waals surface area contributed by atoms with Crippen LogP contribution in [-0.4, -0.2) is 40.5 Å². The predicted octanol–water partition coefficient (Wildman–Crippen LogP) is 1.50. The quantitative estimate of drug-likeness (QED) is 0.852. The van der Waals surface area contributed by atoms with Gasteiger partial charge in [0.1, 0.15) is 5.82 Å². The van der Waals surface area contributed by atoms with Crippen molar-refractivity contribution < 1.29 is 0 Å². The Hall–Kier alpha value is -0.870. The molecule has 4 nitrogen and oxygen atoms in total. The summed E-state index contributed by atoms with van der Waals surface area (Å²) in [6, 6.07) is 0.787. The van der Waals surface area contributed by atoms with Crippen LogP contribution in [0.15, 0.2) is 6.20 Å². The fraction of sp³-hybridized carbons (Fsp3) is 0.786. The van der Waals surface area contributed by atoms with E-state index < -0.39 is 0 Å². The van der Waals surface area contributed by atoms with Crippen molar-refractivity contribution in [3.63, 3.8) is 0 Å². The molecule has 0 radical (unpaired) electrons. The first kappa shape index (κ1) is 12.2. The second-order valence-corrected chi connectivity index (χ2v) is 6.74. The third-order valence-corrected chi connectivity index (χ3v) is 4.33. The highest BCUT2D eigenvalue weighted by Crippen LogP contribution is 2.29. The topological polar surface area (TPSA) is 44.0 Å². The molecule has 18 heavy (non-hydrogen) atoms. The van der Waals surface area contributed by atoms with Gasteiger partial charge in [0.25, 0.3) is 0 Å². The summed E-state index contributed by atoms with van der Waals surface area (Å²) in [7, 11) is 0. The first-order valence-electron chi connectivity index (χ1n) is 7.03. The van der Waals surface area contributed by atoms with Gasteiger partial charge in [-0.1, -0.05) is 20.8 Å². The number of hydrogen-bond acceptors (Lipinski definition) is 3. The molecule has 0 spiro atoms. The lowest BCUT2D eigenvalue weighted by Crippen LogP contribution is -2.60. The zero-order chi connectivity index (χ0) is 12.8. The van der Waals surface area contributed by atoms with E-state index in [2.05, 4.69) is 41.0 Å². The van der Waals surface area contributed by atoms with E-state index >= 15 is 0 Å². The standard InChI is InChI=1S/C14H24N4/c1-14(2,3)12-8-16-13(17-12)9-18-5-4-11(18)10-6-15-7-10/h8,10-11,15H,4-7,9H2,1-3H3,(H,16,17). The molecule has 2 aliphatic rings. The number of H-pyrrole nitrogens is 1. The molecule has 0 aliphatic carbocycles. The molecule has 1 atom stereocenters. The van der Waals surface area contributed by atoms with Gasteiger partial charge in [0.05, 0.1) is 6.54 Å². The number of imidazole rings is 1. The molecule has 4 heteroatoms. The lowest BCUT2D eigenvalue weighted by molar-refractivity contribution is 0.0158. The summed E-state index contributed by atoms with van der Waals surface area (Å²) in [4.78, 5) is 10.6. The highest BCUT2D eigenvalue weighted by Gasteiger charge is 2.37. The number of nitrogens with one attached hydrogen (secondary N) is 2. The van der Waals surface area contributed by atoms with Gasteiger partial charge in [-0.2, -0.15) is 0 Å². The Kier molecular flexibility index (Phi) is 2.94. The van der Waals surface area contributed by atoms with Crippen LogP contribution in [0.5, 0.6) is 0 Å². The highest BCUT2D eigenvalue weighted by molar-refractivity contribution is 5.11. The maximum Gasteiger partial charge on any atom is 0.120 e. The van der Waals surface area contributed by atoms with E-state index in [9.17, 15) is 0 Å². The second-order valence-electron chi connectivity index (χ2n) is 6.74. The zero-order valence-electron chi connectivity index (χ0n) is 11.7. The van der Waals surface area contributed by atoms with Crippen molar-refractivity contribution >= 4 is 0 Å². The first-order valence-corrected chi connectivity index (χ1v) is 7.03. The van der Waals surface area contributed by atoms with Gasteiger partial charge in [-0.25, -0.2) is 4.98 Å². The molecule has 2 aliphatic heterocycles. The molecule has 0 aromatic carbocycles. The lowest BCUT2D eigenvalue weighted by Gasteiger charge is -2.48. The van der Waals surface area contributed by atoms with E-state index in [0.717, 1.165) is 24.3 Å². The van der Waals surface area contributed by atoms with Gasteiger partial charge >= 0.3 is 0 Å². The van der Waals surface area contributed by atoms with Gasteiger partial charge in [-0.15, -0.1) is 0 Å². The van der Waals surface area contributed by atoms with Crippen molar-refractivity contribution in [2.75, 3.05) is 19.6 Å². The van der Waals surface area contributed by atoms with Crippen LogP contribution in [-0.2, 0) is 12.0 Å². The lowest BCUT2D eigenvalue weighted by atomic mass is 9.85. The summed E-state index contributed by atoms with van der Waals surface area (Å²) < 4.78 is 0. The van der Waals surface area contributed by atoms with Crippen molar-refractivity contribution in [2.24, 2.45) is 5.92 Å². The number of likely N-dealkylation sites (tertiary alicyclic amines) is 1. The molecule has 1 aromatic heterocycles. The fourth-order valence-electron chi connectivity index (χ4n) is 2.79. The number of aromatic amines is 1. The number of aromatic nitrogens is 2. The van der Waals surface area contributed by atoms with E-state index in [1.54, 1.807) is 0 Å². The van der Waals surface area contributed by atoms with Crippen LogP contribution < -0.4 is 5.32 Å². The molecule has 2 fully saturated rings. The molecule has 3 rings (SSSR count). The number of nitrogens with zero attached hydrogens (tertiary/aromatic N) is 2. The molecule has 100 valence electrons. The smallest absolute Gasteiger partial charge is 0.120 e.